The third-order valence-electron chi connectivity index (χ3n) is 5.64. The van der Waals surface area contributed by atoms with Gasteiger partial charge in [0.2, 0.25) is 0 Å². The maximum atomic E-state index is 9.75. The number of para-hydroxylation sites is 4. The minimum absolute atomic E-state index is 0.707. The quantitative estimate of drug-likeness (QED) is 0.136. The Morgan fingerprint density at radius 2 is 0.600 bits per heavy atom. The van der Waals surface area contributed by atoms with Crippen molar-refractivity contribution >= 4 is 30.0 Å². The van der Waals surface area contributed by atoms with Crippen molar-refractivity contribution in [1.82, 2.24) is 4.48 Å². The van der Waals surface area contributed by atoms with E-state index in [1.165, 1.54) is 45.0 Å². The van der Waals surface area contributed by atoms with Crippen LogP contribution in [0.25, 0.3) is 22.3 Å². The molecule has 0 saturated heterocycles. The molecule has 4 aromatic carbocycles. The molecule has 4 aromatic rings. The lowest BCUT2D eigenvalue weighted by molar-refractivity contribution is 0.368. The second-order valence-electron chi connectivity index (χ2n) is 7.23. The Hall–Kier alpha value is -3.38. The van der Waals surface area contributed by atoms with Crippen molar-refractivity contribution in [3.63, 3.8) is 0 Å². The average molecular weight is 405 g/mol. The summed E-state index contributed by atoms with van der Waals surface area (Å²) in [7, 11) is -6.00. The highest BCUT2D eigenvalue weighted by molar-refractivity contribution is 6.50. The van der Waals surface area contributed by atoms with Crippen molar-refractivity contribution in [3.05, 3.63) is 97.1 Å². The molecule has 2 aliphatic heterocycles. The highest BCUT2D eigenvalue weighted by Gasteiger charge is 2.53. The predicted octanol–water partition coefficient (Wildman–Crippen LogP) is 8.25. The van der Waals surface area contributed by atoms with Crippen LogP contribution in [0.15, 0.2) is 97.1 Å². The van der Waals surface area contributed by atoms with Crippen molar-refractivity contribution in [2.75, 3.05) is 0 Å². The van der Waals surface area contributed by atoms with Gasteiger partial charge in [0.1, 0.15) is 0 Å². The Balaban J connectivity index is 0.000000349. The van der Waals surface area contributed by atoms with Crippen LogP contribution in [0.5, 0.6) is 0 Å². The van der Waals surface area contributed by atoms with Crippen molar-refractivity contribution in [2.24, 2.45) is 0 Å². The predicted molar refractivity (Wildman–Crippen MR) is 115 cm³/mol. The zero-order chi connectivity index (χ0) is 20.9. The van der Waals surface area contributed by atoms with Crippen molar-refractivity contribution in [1.29, 1.82) is 0 Å². The van der Waals surface area contributed by atoms with Gasteiger partial charge >= 0.3 is 7.25 Å². The molecule has 30 heavy (non-hydrogen) atoms. The molecule has 0 unspecified atom stereocenters. The highest BCUT2D eigenvalue weighted by Crippen LogP contribution is 2.68. The number of hydrogen-bond donors (Lipinski definition) is 0. The minimum Gasteiger partial charge on any atom is -0.418 e. The lowest BCUT2D eigenvalue weighted by atomic mass is 10.1. The summed E-state index contributed by atoms with van der Waals surface area (Å²) in [5.41, 5.74) is 10.7. The third kappa shape index (κ3) is 2.61. The molecule has 148 valence electrons. The van der Waals surface area contributed by atoms with Crippen LogP contribution in [0.2, 0.25) is 0 Å². The topological polar surface area (TPSA) is 0 Å². The Morgan fingerprint density at radius 1 is 0.400 bits per heavy atom. The van der Waals surface area contributed by atoms with Crippen molar-refractivity contribution in [3.8, 4) is 22.3 Å². The Bertz CT molecular complexity index is 1070. The largest absolute Gasteiger partial charge is 0.673 e. The maximum Gasteiger partial charge on any atom is 0.673 e. The summed E-state index contributed by atoms with van der Waals surface area (Å²) >= 11 is 0. The maximum absolute atomic E-state index is 9.75. The Labute approximate surface area is 171 Å². The molecule has 0 saturated carbocycles. The minimum atomic E-state index is -6.00. The second-order valence-corrected chi connectivity index (χ2v) is 7.23. The molecule has 1 nitrogen and oxygen atoms in total. The summed E-state index contributed by atoms with van der Waals surface area (Å²) < 4.78 is 39.7. The first-order valence-corrected chi connectivity index (χ1v) is 9.58. The van der Waals surface area contributed by atoms with Crippen molar-refractivity contribution in [2.45, 2.75) is 0 Å². The lowest BCUT2D eigenvalue weighted by Gasteiger charge is -2.31. The van der Waals surface area contributed by atoms with Gasteiger partial charge in [0.15, 0.2) is 22.7 Å². The third-order valence-corrected chi connectivity index (χ3v) is 5.64. The normalized spacial score (nSPS) is 14.3. The SMILES string of the molecule is F[B-](F)(F)F.c1ccc2c(c1)-c1ccccc1[N+]21c2ccccc2-c2ccccc21. The molecule has 6 rings (SSSR count). The Kier molecular flexibility index (Phi) is 4.08. The summed E-state index contributed by atoms with van der Waals surface area (Å²) in [6, 6.07) is 35.4. The monoisotopic (exact) mass is 405 g/mol. The number of halogens is 4. The first-order valence-electron chi connectivity index (χ1n) is 9.58. The number of rotatable bonds is 0. The molecule has 0 fully saturated rings. The van der Waals surface area contributed by atoms with E-state index < -0.39 is 7.25 Å². The van der Waals surface area contributed by atoms with Gasteiger partial charge in [0, 0.05) is 24.3 Å². The van der Waals surface area contributed by atoms with Gasteiger partial charge in [-0.05, 0) is 24.3 Å². The molecule has 2 aliphatic rings. The van der Waals surface area contributed by atoms with Crippen LogP contribution < -0.4 is 4.48 Å². The smallest absolute Gasteiger partial charge is 0.418 e. The van der Waals surface area contributed by atoms with Gasteiger partial charge < -0.3 is 17.3 Å². The van der Waals surface area contributed by atoms with E-state index in [9.17, 15) is 17.3 Å². The molecule has 0 radical (unpaired) electrons. The molecule has 1 spiro atoms. The zero-order valence-electron chi connectivity index (χ0n) is 15.8. The number of nitrogens with zero attached hydrogens (tertiary/aromatic N) is 1. The summed E-state index contributed by atoms with van der Waals surface area (Å²) in [5, 5.41) is 0. The lowest BCUT2D eigenvalue weighted by Crippen LogP contribution is -2.28. The number of fused-ring (bicyclic) bond motifs is 10. The molecule has 0 aromatic heterocycles. The van der Waals surface area contributed by atoms with E-state index in [2.05, 4.69) is 97.1 Å². The second kappa shape index (κ2) is 6.57. The van der Waals surface area contributed by atoms with Crippen LogP contribution in [0.1, 0.15) is 0 Å². The Morgan fingerprint density at radius 3 is 0.833 bits per heavy atom. The van der Waals surface area contributed by atoms with Crippen LogP contribution in [0.4, 0.5) is 40.0 Å². The van der Waals surface area contributed by atoms with Crippen LogP contribution >= 0.6 is 0 Å². The first-order chi connectivity index (χ1) is 14.4. The van der Waals surface area contributed by atoms with E-state index in [4.69, 9.17) is 0 Å². The van der Waals surface area contributed by atoms with Gasteiger partial charge in [-0.2, -0.15) is 4.48 Å². The molecule has 2 heterocycles. The van der Waals surface area contributed by atoms with E-state index in [1.54, 1.807) is 0 Å². The fraction of sp³-hybridized carbons (Fsp3) is 0. The average Bonchev–Trinajstić information content (AvgIpc) is 3.20. The van der Waals surface area contributed by atoms with Crippen molar-refractivity contribution < 1.29 is 17.3 Å². The van der Waals surface area contributed by atoms with Gasteiger partial charge in [-0.1, -0.05) is 48.5 Å². The fourth-order valence-corrected chi connectivity index (χ4v) is 4.75. The van der Waals surface area contributed by atoms with Crippen LogP contribution in [-0.4, -0.2) is 7.25 Å². The first kappa shape index (κ1) is 18.6. The summed E-state index contributed by atoms with van der Waals surface area (Å²) in [4.78, 5) is 0. The van der Waals surface area contributed by atoms with Gasteiger partial charge in [-0.15, -0.1) is 0 Å². The van der Waals surface area contributed by atoms with Crippen LogP contribution in [-0.2, 0) is 0 Å². The summed E-state index contributed by atoms with van der Waals surface area (Å²) in [6.07, 6.45) is 0. The van der Waals surface area contributed by atoms with Gasteiger partial charge in [0.25, 0.3) is 0 Å². The van der Waals surface area contributed by atoms with E-state index in [-0.39, 0.29) is 0 Å². The van der Waals surface area contributed by atoms with E-state index in [1.807, 2.05) is 0 Å². The van der Waals surface area contributed by atoms with Gasteiger partial charge in [0.05, 0.1) is 22.3 Å². The number of benzene rings is 4. The molecule has 0 bridgehead atoms. The summed E-state index contributed by atoms with van der Waals surface area (Å²) in [6.45, 7) is 0. The van der Waals surface area contributed by atoms with E-state index >= 15 is 0 Å². The van der Waals surface area contributed by atoms with Crippen LogP contribution in [0.3, 0.4) is 0 Å². The van der Waals surface area contributed by atoms with E-state index in [0.717, 1.165) is 0 Å². The molecule has 0 N–H and O–H groups in total. The molecule has 6 heteroatoms. The fourth-order valence-electron chi connectivity index (χ4n) is 4.75. The molecular weight excluding hydrogens is 389 g/mol. The van der Waals surface area contributed by atoms with E-state index in [0.29, 0.717) is 4.48 Å². The summed E-state index contributed by atoms with van der Waals surface area (Å²) in [5.74, 6) is 0. The number of hydrogen-bond acceptors (Lipinski definition) is 0. The zero-order valence-corrected chi connectivity index (χ0v) is 15.8. The van der Waals surface area contributed by atoms with Gasteiger partial charge in [-0.25, -0.2) is 0 Å². The number of quaternary nitrogens is 1. The molecule has 0 amide bonds. The molecule has 0 atom stereocenters. The van der Waals surface area contributed by atoms with Gasteiger partial charge in [-0.3, -0.25) is 0 Å². The van der Waals surface area contributed by atoms with Crippen LogP contribution in [0, 0.1) is 0 Å². The molecule has 0 aliphatic carbocycles. The molecular formula is C24H16BF4N. The standard InChI is InChI=1S/C24H16N.BF4/c1-5-13-21-17(9-1)18-10-2-6-14-22(18)25(21)23-15-7-3-11-19(23)20-12-4-8-16-24(20)25;2-1(3,4)5/h1-16H;/q+1;-1. The highest BCUT2D eigenvalue weighted by atomic mass is 19.5.